The lowest BCUT2D eigenvalue weighted by Crippen LogP contribution is -2.30. The average molecular weight is 253 g/mol. The van der Waals surface area contributed by atoms with Gasteiger partial charge in [-0.05, 0) is 25.3 Å². The lowest BCUT2D eigenvalue weighted by Gasteiger charge is -2.29. The molecular formula is C11H13ClN4O. The minimum atomic E-state index is 0.269. The molecule has 5 nitrogen and oxygen atoms in total. The van der Waals surface area contributed by atoms with Crippen LogP contribution in [0.5, 0.6) is 0 Å². The number of hydrogen-bond acceptors (Lipinski definition) is 5. The monoisotopic (exact) mass is 252 g/mol. The predicted molar refractivity (Wildman–Crippen MR) is 68.2 cm³/mol. The van der Waals surface area contributed by atoms with Crippen LogP contribution in [0.3, 0.4) is 0 Å². The van der Waals surface area contributed by atoms with Gasteiger partial charge >= 0.3 is 0 Å². The molecule has 1 saturated carbocycles. The molecule has 1 aliphatic rings. The number of anilines is 1. The van der Waals surface area contributed by atoms with Gasteiger partial charge in [0.25, 0.3) is 0 Å². The molecule has 1 heterocycles. The van der Waals surface area contributed by atoms with E-state index in [4.69, 9.17) is 16.7 Å². The fourth-order valence-electron chi connectivity index (χ4n) is 1.68. The van der Waals surface area contributed by atoms with Gasteiger partial charge in [-0.25, -0.2) is 9.97 Å². The van der Waals surface area contributed by atoms with Gasteiger partial charge in [0.15, 0.2) is 11.0 Å². The summed E-state index contributed by atoms with van der Waals surface area (Å²) in [6.07, 6.45) is 5.84. The van der Waals surface area contributed by atoms with Crippen LogP contribution in [0.2, 0.25) is 5.15 Å². The molecule has 17 heavy (non-hydrogen) atoms. The SMILES string of the molecule is CC=Nc1c(Cl)ncnc1NC1CC(=CO)C1. The third-order valence-electron chi connectivity index (χ3n) is 2.58. The van der Waals surface area contributed by atoms with Crippen LogP contribution in [0.1, 0.15) is 19.8 Å². The van der Waals surface area contributed by atoms with Gasteiger partial charge in [-0.3, -0.25) is 4.99 Å². The first kappa shape index (κ1) is 11.9. The standard InChI is InChI=1S/C11H13ClN4O/c1-2-13-9-10(12)14-6-15-11(9)16-8-3-7(4-8)5-17/h2,5-6,8,17H,3-4H2,1H3,(H,14,15,16). The van der Waals surface area contributed by atoms with Gasteiger partial charge in [0.05, 0.1) is 6.26 Å². The smallest absolute Gasteiger partial charge is 0.160 e. The van der Waals surface area contributed by atoms with E-state index in [2.05, 4.69) is 20.3 Å². The summed E-state index contributed by atoms with van der Waals surface area (Å²) in [5.74, 6) is 0.630. The van der Waals surface area contributed by atoms with Gasteiger partial charge in [0.2, 0.25) is 0 Å². The second kappa shape index (κ2) is 5.14. The molecule has 0 bridgehead atoms. The minimum Gasteiger partial charge on any atom is -0.516 e. The first-order valence-electron chi connectivity index (χ1n) is 5.32. The highest BCUT2D eigenvalue weighted by molar-refractivity contribution is 6.32. The van der Waals surface area contributed by atoms with E-state index < -0.39 is 0 Å². The molecule has 0 unspecified atom stereocenters. The highest BCUT2D eigenvalue weighted by Crippen LogP contribution is 2.34. The molecule has 6 heteroatoms. The van der Waals surface area contributed by atoms with E-state index in [1.165, 1.54) is 6.33 Å². The van der Waals surface area contributed by atoms with Crippen LogP contribution >= 0.6 is 11.6 Å². The normalized spacial score (nSPS) is 19.2. The maximum Gasteiger partial charge on any atom is 0.160 e. The van der Waals surface area contributed by atoms with Crippen LogP contribution in [-0.2, 0) is 0 Å². The Morgan fingerprint density at radius 3 is 2.94 bits per heavy atom. The third-order valence-corrected chi connectivity index (χ3v) is 2.85. The fourth-order valence-corrected chi connectivity index (χ4v) is 1.86. The molecule has 0 atom stereocenters. The molecule has 1 aromatic rings. The number of nitrogens with one attached hydrogen (secondary N) is 1. The zero-order valence-electron chi connectivity index (χ0n) is 9.39. The van der Waals surface area contributed by atoms with E-state index in [-0.39, 0.29) is 6.04 Å². The molecule has 90 valence electrons. The lowest BCUT2D eigenvalue weighted by molar-refractivity contribution is 0.438. The summed E-state index contributed by atoms with van der Waals surface area (Å²) >= 11 is 5.95. The highest BCUT2D eigenvalue weighted by Gasteiger charge is 2.24. The van der Waals surface area contributed by atoms with Crippen LogP contribution < -0.4 is 5.32 Å². The maximum absolute atomic E-state index is 8.79. The quantitative estimate of drug-likeness (QED) is 0.493. The van der Waals surface area contributed by atoms with Crippen LogP contribution in [0.25, 0.3) is 0 Å². The second-order valence-electron chi connectivity index (χ2n) is 3.79. The molecule has 2 N–H and O–H groups in total. The van der Waals surface area contributed by atoms with E-state index in [0.29, 0.717) is 16.7 Å². The number of aliphatic hydroxyl groups excluding tert-OH is 1. The van der Waals surface area contributed by atoms with Gasteiger partial charge < -0.3 is 10.4 Å². The molecule has 1 fully saturated rings. The summed E-state index contributed by atoms with van der Waals surface area (Å²) in [5, 5.41) is 12.4. The molecule has 0 spiro atoms. The van der Waals surface area contributed by atoms with Crippen molar-refractivity contribution in [2.45, 2.75) is 25.8 Å². The number of aliphatic hydroxyl groups is 1. The fraction of sp³-hybridized carbons (Fsp3) is 0.364. The predicted octanol–water partition coefficient (Wildman–Crippen LogP) is 2.87. The second-order valence-corrected chi connectivity index (χ2v) is 4.14. The zero-order chi connectivity index (χ0) is 12.3. The van der Waals surface area contributed by atoms with Crippen molar-refractivity contribution in [1.29, 1.82) is 0 Å². The van der Waals surface area contributed by atoms with Gasteiger partial charge in [0.1, 0.15) is 12.0 Å². The van der Waals surface area contributed by atoms with Crippen LogP contribution in [0, 0.1) is 0 Å². The third kappa shape index (κ3) is 2.55. The number of aromatic nitrogens is 2. The highest BCUT2D eigenvalue weighted by atomic mass is 35.5. The van der Waals surface area contributed by atoms with Crippen LogP contribution in [0.4, 0.5) is 11.5 Å². The zero-order valence-corrected chi connectivity index (χ0v) is 10.1. The summed E-state index contributed by atoms with van der Waals surface area (Å²) in [7, 11) is 0. The Labute approximate surface area is 104 Å². The van der Waals surface area contributed by atoms with Crippen molar-refractivity contribution in [2.75, 3.05) is 5.32 Å². The Morgan fingerprint density at radius 2 is 2.29 bits per heavy atom. The molecule has 0 aromatic carbocycles. The average Bonchev–Trinajstić information content (AvgIpc) is 2.27. The van der Waals surface area contributed by atoms with Crippen molar-refractivity contribution in [1.82, 2.24) is 9.97 Å². The first-order valence-corrected chi connectivity index (χ1v) is 5.70. The van der Waals surface area contributed by atoms with Gasteiger partial charge in [-0.1, -0.05) is 11.6 Å². The number of halogens is 1. The Bertz CT molecular complexity index is 465. The number of nitrogens with zero attached hydrogens (tertiary/aromatic N) is 3. The van der Waals surface area contributed by atoms with Crippen LogP contribution in [0.15, 0.2) is 23.2 Å². The van der Waals surface area contributed by atoms with Crippen molar-refractivity contribution >= 4 is 29.3 Å². The van der Waals surface area contributed by atoms with Crippen molar-refractivity contribution in [3.63, 3.8) is 0 Å². The topological polar surface area (TPSA) is 70.4 Å². The van der Waals surface area contributed by atoms with Crippen molar-refractivity contribution < 1.29 is 5.11 Å². The lowest BCUT2D eigenvalue weighted by atomic mass is 9.87. The Hall–Kier alpha value is -1.62. The molecule has 0 amide bonds. The Morgan fingerprint density at radius 1 is 1.53 bits per heavy atom. The van der Waals surface area contributed by atoms with Gasteiger partial charge in [-0.2, -0.15) is 0 Å². The molecule has 0 aliphatic heterocycles. The van der Waals surface area contributed by atoms with Crippen molar-refractivity contribution in [2.24, 2.45) is 4.99 Å². The summed E-state index contributed by atoms with van der Waals surface area (Å²) in [6.45, 7) is 1.81. The molecular weight excluding hydrogens is 240 g/mol. The van der Waals surface area contributed by atoms with Crippen molar-refractivity contribution in [3.8, 4) is 0 Å². The van der Waals surface area contributed by atoms with E-state index in [1.807, 2.05) is 6.92 Å². The molecule has 1 aliphatic carbocycles. The Balaban J connectivity index is 2.13. The van der Waals surface area contributed by atoms with E-state index in [9.17, 15) is 0 Å². The first-order chi connectivity index (χ1) is 8.24. The number of rotatable bonds is 3. The molecule has 0 radical (unpaired) electrons. The summed E-state index contributed by atoms with van der Waals surface area (Å²) < 4.78 is 0. The molecule has 0 saturated heterocycles. The van der Waals surface area contributed by atoms with E-state index in [0.717, 1.165) is 24.7 Å². The van der Waals surface area contributed by atoms with Crippen LogP contribution in [-0.4, -0.2) is 27.3 Å². The molecule has 2 rings (SSSR count). The summed E-state index contributed by atoms with van der Waals surface area (Å²) in [4.78, 5) is 12.2. The Kier molecular flexibility index (Phi) is 3.58. The maximum atomic E-state index is 8.79. The molecule has 1 aromatic heterocycles. The minimum absolute atomic E-state index is 0.269. The summed E-state index contributed by atoms with van der Waals surface area (Å²) in [6, 6.07) is 0.269. The number of aliphatic imine (C=N–C) groups is 1. The van der Waals surface area contributed by atoms with Crippen molar-refractivity contribution in [3.05, 3.63) is 23.3 Å². The van der Waals surface area contributed by atoms with Gasteiger partial charge in [0, 0.05) is 12.3 Å². The summed E-state index contributed by atoms with van der Waals surface area (Å²) in [5.41, 5.74) is 1.58. The number of hydrogen-bond donors (Lipinski definition) is 2. The van der Waals surface area contributed by atoms with E-state index >= 15 is 0 Å². The van der Waals surface area contributed by atoms with E-state index in [1.54, 1.807) is 6.21 Å². The largest absolute Gasteiger partial charge is 0.516 e. The van der Waals surface area contributed by atoms with Gasteiger partial charge in [-0.15, -0.1) is 0 Å².